The first kappa shape index (κ1) is 24.3. The van der Waals surface area contributed by atoms with Crippen molar-refractivity contribution >= 4 is 5.91 Å². The molecule has 4 saturated carbocycles. The molecule has 6 nitrogen and oxygen atoms in total. The number of fused-ring (bicyclic) bond motifs is 5. The van der Waals surface area contributed by atoms with Gasteiger partial charge in [0, 0.05) is 6.42 Å². The van der Waals surface area contributed by atoms with Crippen LogP contribution in [-0.4, -0.2) is 39.5 Å². The van der Waals surface area contributed by atoms with Crippen LogP contribution in [0, 0.1) is 46.3 Å². The lowest BCUT2D eigenvalue weighted by Crippen LogP contribution is -2.62. The summed E-state index contributed by atoms with van der Waals surface area (Å²) in [5, 5.41) is 36.3. The highest BCUT2D eigenvalue weighted by molar-refractivity contribution is 5.76. The first-order valence-corrected chi connectivity index (χ1v) is 13.5. The zero-order chi connectivity index (χ0) is 24.3. The van der Waals surface area contributed by atoms with Crippen molar-refractivity contribution in [2.75, 3.05) is 0 Å². The molecule has 1 aromatic heterocycles. The van der Waals surface area contributed by atoms with Gasteiger partial charge in [-0.25, -0.2) is 0 Å². The summed E-state index contributed by atoms with van der Waals surface area (Å²) in [7, 11) is 0. The fourth-order valence-electron chi connectivity index (χ4n) is 9.24. The van der Waals surface area contributed by atoms with E-state index in [2.05, 4.69) is 26.1 Å². The number of furan rings is 1. The number of aliphatic hydroxyl groups excluding tert-OH is 3. The summed E-state index contributed by atoms with van der Waals surface area (Å²) in [4.78, 5) is 12.7. The molecule has 1 unspecified atom stereocenters. The van der Waals surface area contributed by atoms with Gasteiger partial charge >= 0.3 is 0 Å². The van der Waals surface area contributed by atoms with Gasteiger partial charge in [-0.15, -0.1) is 0 Å². The van der Waals surface area contributed by atoms with Crippen LogP contribution in [0.25, 0.3) is 0 Å². The SMILES string of the molecule is C[C@H](CC(=O)NCc1ccco1)C1CC[C@H]2[C@@H]3[C@H](O)C[C@@H]4C[C@H](O)CC[C@]4(C)[C@H]3C[C@H](O)[C@]12C. The molecule has 0 spiro atoms. The average Bonchev–Trinajstić information content (AvgIpc) is 3.42. The molecule has 4 aliphatic rings. The van der Waals surface area contributed by atoms with Crippen LogP contribution < -0.4 is 5.32 Å². The highest BCUT2D eigenvalue weighted by Crippen LogP contribution is 2.68. The number of amides is 1. The van der Waals surface area contributed by atoms with E-state index in [-0.39, 0.29) is 52.6 Å². The van der Waals surface area contributed by atoms with Crippen molar-refractivity contribution in [3.8, 4) is 0 Å². The zero-order valence-corrected chi connectivity index (χ0v) is 21.0. The standard InChI is InChI=1S/C28H43NO5/c1-16(11-25(33)29-15-19-5-4-10-34-19)20-6-7-21-26-22(14-24(32)28(20,21)3)27(2)9-8-18(30)12-17(27)13-23(26)31/h4-5,10,16-18,20-24,26,30-32H,6-9,11-15H2,1-3H3,(H,29,33)/t16-,17+,18-,20?,21+,22+,23-,24+,26+,27+,28-/m1/s1. The minimum atomic E-state index is -0.422. The first-order valence-electron chi connectivity index (χ1n) is 13.5. The Balaban J connectivity index is 1.31. The third-order valence-corrected chi connectivity index (χ3v) is 11.1. The highest BCUT2D eigenvalue weighted by atomic mass is 16.3. The molecule has 6 heteroatoms. The summed E-state index contributed by atoms with van der Waals surface area (Å²) < 4.78 is 5.32. The number of aliphatic hydroxyl groups is 3. The normalized spacial score (nSPS) is 46.8. The van der Waals surface area contributed by atoms with Crippen LogP contribution in [0.1, 0.15) is 77.9 Å². The van der Waals surface area contributed by atoms with Gasteiger partial charge in [0.1, 0.15) is 5.76 Å². The Hall–Kier alpha value is -1.37. The van der Waals surface area contributed by atoms with Gasteiger partial charge in [0.25, 0.3) is 0 Å². The van der Waals surface area contributed by atoms with E-state index in [1.807, 2.05) is 12.1 Å². The van der Waals surface area contributed by atoms with Crippen molar-refractivity contribution in [1.29, 1.82) is 0 Å². The summed E-state index contributed by atoms with van der Waals surface area (Å²) in [6.07, 6.45) is 7.11. The number of hydrogen-bond acceptors (Lipinski definition) is 5. The number of nitrogens with one attached hydrogen (secondary N) is 1. The monoisotopic (exact) mass is 473 g/mol. The second-order valence-electron chi connectivity index (χ2n) is 12.6. The molecule has 34 heavy (non-hydrogen) atoms. The van der Waals surface area contributed by atoms with Gasteiger partial charge in [-0.05, 0) is 103 Å². The molecule has 4 aliphatic carbocycles. The van der Waals surface area contributed by atoms with Crippen molar-refractivity contribution in [2.45, 2.75) is 97.0 Å². The minimum absolute atomic E-state index is 0.0212. The van der Waals surface area contributed by atoms with Gasteiger partial charge in [-0.1, -0.05) is 20.8 Å². The van der Waals surface area contributed by atoms with E-state index in [1.54, 1.807) is 6.26 Å². The predicted molar refractivity (Wildman–Crippen MR) is 128 cm³/mol. The Morgan fingerprint density at radius 1 is 1.15 bits per heavy atom. The largest absolute Gasteiger partial charge is 0.467 e. The van der Waals surface area contributed by atoms with E-state index in [0.29, 0.717) is 24.8 Å². The van der Waals surface area contributed by atoms with Crippen LogP contribution >= 0.6 is 0 Å². The predicted octanol–water partition coefficient (Wildman–Crippen LogP) is 3.88. The molecule has 190 valence electrons. The average molecular weight is 474 g/mol. The van der Waals surface area contributed by atoms with Crippen molar-refractivity contribution in [3.63, 3.8) is 0 Å². The summed E-state index contributed by atoms with van der Waals surface area (Å²) in [6, 6.07) is 3.67. The summed E-state index contributed by atoms with van der Waals surface area (Å²) in [5.74, 6) is 2.30. The first-order chi connectivity index (χ1) is 16.1. The van der Waals surface area contributed by atoms with Crippen molar-refractivity contribution in [1.82, 2.24) is 5.32 Å². The molecule has 1 amide bonds. The Kier molecular flexibility index (Phi) is 6.39. The molecule has 0 radical (unpaired) electrons. The molecule has 1 heterocycles. The summed E-state index contributed by atoms with van der Waals surface area (Å²) in [5.41, 5.74) is -0.193. The van der Waals surface area contributed by atoms with E-state index in [4.69, 9.17) is 4.42 Å². The Labute approximate surface area is 203 Å². The number of rotatable bonds is 5. The second kappa shape index (κ2) is 8.94. The van der Waals surface area contributed by atoms with Crippen LogP contribution in [0.15, 0.2) is 22.8 Å². The topological polar surface area (TPSA) is 103 Å². The van der Waals surface area contributed by atoms with Crippen LogP contribution in [0.3, 0.4) is 0 Å². The minimum Gasteiger partial charge on any atom is -0.467 e. The molecule has 0 bridgehead atoms. The Morgan fingerprint density at radius 2 is 1.94 bits per heavy atom. The fourth-order valence-corrected chi connectivity index (χ4v) is 9.24. The van der Waals surface area contributed by atoms with Gasteiger partial charge in [-0.2, -0.15) is 0 Å². The summed E-state index contributed by atoms with van der Waals surface area (Å²) in [6.45, 7) is 7.15. The molecule has 1 aromatic rings. The number of carbonyl (C=O) groups excluding carboxylic acids is 1. The van der Waals surface area contributed by atoms with E-state index in [1.165, 1.54) is 0 Å². The lowest BCUT2D eigenvalue weighted by molar-refractivity contribution is -0.207. The smallest absolute Gasteiger partial charge is 0.220 e. The van der Waals surface area contributed by atoms with Gasteiger partial charge in [0.15, 0.2) is 0 Å². The lowest BCUT2D eigenvalue weighted by Gasteiger charge is -2.63. The quantitative estimate of drug-likeness (QED) is 0.520. The van der Waals surface area contributed by atoms with Crippen molar-refractivity contribution in [2.24, 2.45) is 46.3 Å². The molecule has 5 rings (SSSR count). The van der Waals surface area contributed by atoms with E-state index >= 15 is 0 Å². The maximum Gasteiger partial charge on any atom is 0.220 e. The third kappa shape index (κ3) is 3.84. The zero-order valence-electron chi connectivity index (χ0n) is 21.0. The number of hydrogen-bond donors (Lipinski definition) is 4. The van der Waals surface area contributed by atoms with Gasteiger partial charge < -0.3 is 25.1 Å². The Morgan fingerprint density at radius 3 is 2.68 bits per heavy atom. The Bertz CT molecular complexity index is 872. The van der Waals surface area contributed by atoms with Crippen molar-refractivity contribution < 1.29 is 24.5 Å². The second-order valence-corrected chi connectivity index (χ2v) is 12.6. The lowest BCUT2D eigenvalue weighted by atomic mass is 9.43. The molecule has 0 saturated heterocycles. The molecular formula is C28H43NO5. The van der Waals surface area contributed by atoms with Crippen LogP contribution in [-0.2, 0) is 11.3 Å². The van der Waals surface area contributed by atoms with Gasteiger partial charge in [0.2, 0.25) is 5.91 Å². The van der Waals surface area contributed by atoms with Crippen LogP contribution in [0.2, 0.25) is 0 Å². The summed E-state index contributed by atoms with van der Waals surface area (Å²) >= 11 is 0. The van der Waals surface area contributed by atoms with Crippen LogP contribution in [0.5, 0.6) is 0 Å². The highest BCUT2D eigenvalue weighted by Gasteiger charge is 2.65. The van der Waals surface area contributed by atoms with E-state index in [0.717, 1.165) is 50.7 Å². The van der Waals surface area contributed by atoms with Crippen molar-refractivity contribution in [3.05, 3.63) is 24.2 Å². The molecule has 0 aromatic carbocycles. The molecule has 11 atom stereocenters. The van der Waals surface area contributed by atoms with E-state index < -0.39 is 6.10 Å². The molecule has 4 N–H and O–H groups in total. The van der Waals surface area contributed by atoms with Gasteiger partial charge in [-0.3, -0.25) is 4.79 Å². The molecule has 4 fully saturated rings. The molecular weight excluding hydrogens is 430 g/mol. The third-order valence-electron chi connectivity index (χ3n) is 11.1. The number of carbonyl (C=O) groups is 1. The van der Waals surface area contributed by atoms with Gasteiger partial charge in [0.05, 0.1) is 31.1 Å². The van der Waals surface area contributed by atoms with E-state index in [9.17, 15) is 20.1 Å². The molecule has 0 aliphatic heterocycles. The maximum atomic E-state index is 12.7. The van der Waals surface area contributed by atoms with Crippen LogP contribution in [0.4, 0.5) is 0 Å². The maximum absolute atomic E-state index is 12.7. The fraction of sp³-hybridized carbons (Fsp3) is 0.821.